The van der Waals surface area contributed by atoms with Crippen LogP contribution in [0.1, 0.15) is 20.8 Å². The summed E-state index contributed by atoms with van der Waals surface area (Å²) in [6.45, 7) is 6.70. The average Bonchev–Trinajstić information content (AvgIpc) is 2.31. The van der Waals surface area contributed by atoms with E-state index in [0.717, 1.165) is 5.47 Å². The molecule has 0 atom stereocenters. The number of allylic oxidation sites excluding steroid dienone is 1. The Morgan fingerprint density at radius 3 is 2.67 bits per heavy atom. The number of rotatable bonds is 2. The summed E-state index contributed by atoms with van der Waals surface area (Å²) in [5, 5.41) is 2.95. The maximum Gasteiger partial charge on any atom is 0.491 e. The number of nitrogens with one attached hydrogen (secondary N) is 1. The average molecular weight is 169 g/mol. The van der Waals surface area contributed by atoms with Crippen molar-refractivity contribution in [1.29, 1.82) is 0 Å². The molecule has 1 aliphatic rings. The van der Waals surface area contributed by atoms with E-state index in [1.807, 2.05) is 34.0 Å². The van der Waals surface area contributed by atoms with Gasteiger partial charge < -0.3 is 14.6 Å². The van der Waals surface area contributed by atoms with Gasteiger partial charge in [0.05, 0.1) is 12.2 Å². The largest absolute Gasteiger partial charge is 0.491 e. The molecular formula is C8H16BNO2. The van der Waals surface area contributed by atoms with E-state index in [2.05, 4.69) is 5.32 Å². The molecule has 3 nitrogen and oxygen atoms in total. The molecule has 0 aromatic heterocycles. The number of hydrogen-bond donors (Lipinski definition) is 1. The minimum absolute atomic E-state index is 0.145. The maximum absolute atomic E-state index is 5.63. The van der Waals surface area contributed by atoms with E-state index in [4.69, 9.17) is 9.31 Å². The first-order valence-corrected chi connectivity index (χ1v) is 4.18. The van der Waals surface area contributed by atoms with Crippen LogP contribution in [0.5, 0.6) is 0 Å². The zero-order valence-corrected chi connectivity index (χ0v) is 8.18. The monoisotopic (exact) mass is 169 g/mol. The standard InChI is InChI=1S/C8H16BNO2/c1-7(5-10-4)9-11-6-8(2,3)12-9/h5,10H,6H2,1-4H3/b7-5+. The van der Waals surface area contributed by atoms with Crippen molar-refractivity contribution in [1.82, 2.24) is 5.32 Å². The second-order valence-corrected chi connectivity index (χ2v) is 3.70. The fourth-order valence-corrected chi connectivity index (χ4v) is 1.15. The lowest BCUT2D eigenvalue weighted by Crippen LogP contribution is -2.25. The molecule has 0 radical (unpaired) electrons. The van der Waals surface area contributed by atoms with Gasteiger partial charge in [-0.25, -0.2) is 0 Å². The van der Waals surface area contributed by atoms with Crippen LogP contribution in [-0.4, -0.2) is 26.4 Å². The van der Waals surface area contributed by atoms with E-state index in [-0.39, 0.29) is 12.7 Å². The first kappa shape index (κ1) is 9.61. The molecule has 1 rings (SSSR count). The molecule has 68 valence electrons. The molecule has 0 spiro atoms. The van der Waals surface area contributed by atoms with Crippen LogP contribution in [0.3, 0.4) is 0 Å². The summed E-state index contributed by atoms with van der Waals surface area (Å²) in [4.78, 5) is 0. The minimum atomic E-state index is -0.174. The van der Waals surface area contributed by atoms with Crippen LogP contribution in [-0.2, 0) is 9.31 Å². The van der Waals surface area contributed by atoms with Gasteiger partial charge in [0.15, 0.2) is 0 Å². The third kappa shape index (κ3) is 2.25. The molecule has 0 saturated carbocycles. The van der Waals surface area contributed by atoms with Gasteiger partial charge in [-0.15, -0.1) is 0 Å². The summed E-state index contributed by atoms with van der Waals surface area (Å²) in [7, 11) is 1.69. The molecule has 4 heteroatoms. The van der Waals surface area contributed by atoms with Gasteiger partial charge in [0.1, 0.15) is 0 Å². The zero-order valence-electron chi connectivity index (χ0n) is 8.18. The molecule has 1 saturated heterocycles. The molecule has 0 aliphatic carbocycles. The van der Waals surface area contributed by atoms with Crippen molar-refractivity contribution >= 4 is 7.12 Å². The topological polar surface area (TPSA) is 30.5 Å². The Kier molecular flexibility index (Phi) is 2.80. The van der Waals surface area contributed by atoms with Crippen molar-refractivity contribution in [2.24, 2.45) is 0 Å². The van der Waals surface area contributed by atoms with Crippen LogP contribution in [0.4, 0.5) is 0 Å². The highest BCUT2D eigenvalue weighted by Crippen LogP contribution is 2.22. The van der Waals surface area contributed by atoms with Gasteiger partial charge in [-0.05, 0) is 32.4 Å². The lowest BCUT2D eigenvalue weighted by Gasteiger charge is -2.15. The third-order valence-electron chi connectivity index (χ3n) is 1.75. The Bertz CT molecular complexity index is 191. The molecule has 0 amide bonds. The first-order chi connectivity index (χ1) is 5.55. The summed E-state index contributed by atoms with van der Waals surface area (Å²) >= 11 is 0. The van der Waals surface area contributed by atoms with E-state index >= 15 is 0 Å². The van der Waals surface area contributed by atoms with Crippen LogP contribution in [0.2, 0.25) is 0 Å². The van der Waals surface area contributed by atoms with Crippen molar-refractivity contribution in [2.45, 2.75) is 26.4 Å². The predicted octanol–water partition coefficient (Wildman–Crippen LogP) is 0.962. The highest BCUT2D eigenvalue weighted by Gasteiger charge is 2.37. The molecular weight excluding hydrogens is 153 g/mol. The molecule has 0 aromatic rings. The van der Waals surface area contributed by atoms with Crippen molar-refractivity contribution in [3.05, 3.63) is 11.7 Å². The van der Waals surface area contributed by atoms with E-state index in [9.17, 15) is 0 Å². The smallest absolute Gasteiger partial charge is 0.405 e. The molecule has 0 aromatic carbocycles. The highest BCUT2D eigenvalue weighted by molar-refractivity contribution is 6.54. The Morgan fingerprint density at radius 2 is 2.25 bits per heavy atom. The Morgan fingerprint density at radius 1 is 1.58 bits per heavy atom. The lowest BCUT2D eigenvalue weighted by atomic mass is 9.80. The van der Waals surface area contributed by atoms with E-state index in [1.54, 1.807) is 0 Å². The molecule has 0 bridgehead atoms. The fourth-order valence-electron chi connectivity index (χ4n) is 1.15. The fraction of sp³-hybridized carbons (Fsp3) is 0.750. The Labute approximate surface area is 74.3 Å². The van der Waals surface area contributed by atoms with Gasteiger partial charge in [0, 0.05) is 7.05 Å². The zero-order chi connectivity index (χ0) is 9.19. The van der Waals surface area contributed by atoms with Crippen LogP contribution in [0.15, 0.2) is 11.7 Å². The van der Waals surface area contributed by atoms with Crippen LogP contribution >= 0.6 is 0 Å². The Hall–Kier alpha value is -0.475. The molecule has 1 fully saturated rings. The molecule has 0 unspecified atom stereocenters. The summed E-state index contributed by atoms with van der Waals surface area (Å²) in [5.74, 6) is 0. The molecule has 1 aliphatic heterocycles. The van der Waals surface area contributed by atoms with Crippen molar-refractivity contribution in [3.8, 4) is 0 Å². The van der Waals surface area contributed by atoms with Crippen molar-refractivity contribution in [3.63, 3.8) is 0 Å². The van der Waals surface area contributed by atoms with Gasteiger partial charge in [0.2, 0.25) is 0 Å². The van der Waals surface area contributed by atoms with Crippen LogP contribution < -0.4 is 5.32 Å². The molecule has 1 heterocycles. The van der Waals surface area contributed by atoms with Gasteiger partial charge in [-0.1, -0.05) is 0 Å². The third-order valence-corrected chi connectivity index (χ3v) is 1.75. The highest BCUT2D eigenvalue weighted by atomic mass is 16.7. The lowest BCUT2D eigenvalue weighted by molar-refractivity contribution is 0.136. The summed E-state index contributed by atoms with van der Waals surface area (Å²) in [5.41, 5.74) is 0.927. The maximum atomic E-state index is 5.63. The van der Waals surface area contributed by atoms with Gasteiger partial charge in [-0.2, -0.15) is 0 Å². The van der Waals surface area contributed by atoms with E-state index in [1.165, 1.54) is 0 Å². The van der Waals surface area contributed by atoms with Crippen LogP contribution in [0.25, 0.3) is 0 Å². The van der Waals surface area contributed by atoms with E-state index < -0.39 is 0 Å². The predicted molar refractivity (Wildman–Crippen MR) is 49.7 cm³/mol. The minimum Gasteiger partial charge on any atom is -0.405 e. The second-order valence-electron chi connectivity index (χ2n) is 3.70. The quantitative estimate of drug-likeness (QED) is 0.624. The molecule has 12 heavy (non-hydrogen) atoms. The summed E-state index contributed by atoms with van der Waals surface area (Å²) in [6.07, 6.45) is 1.89. The van der Waals surface area contributed by atoms with Crippen molar-refractivity contribution in [2.75, 3.05) is 13.7 Å². The Balaban J connectivity index is 2.52. The van der Waals surface area contributed by atoms with Crippen LogP contribution in [0, 0.1) is 0 Å². The second kappa shape index (κ2) is 3.50. The number of hydrogen-bond acceptors (Lipinski definition) is 3. The normalized spacial score (nSPS) is 23.0. The van der Waals surface area contributed by atoms with Gasteiger partial charge in [-0.3, -0.25) is 0 Å². The van der Waals surface area contributed by atoms with Gasteiger partial charge in [0.25, 0.3) is 0 Å². The SMILES string of the molecule is CN/C=C(\C)B1OCC(C)(C)O1. The van der Waals surface area contributed by atoms with Crippen molar-refractivity contribution < 1.29 is 9.31 Å². The summed E-state index contributed by atoms with van der Waals surface area (Å²) in [6, 6.07) is 0. The van der Waals surface area contributed by atoms with E-state index in [0.29, 0.717) is 6.61 Å². The molecule has 1 N–H and O–H groups in total. The first-order valence-electron chi connectivity index (χ1n) is 4.18. The van der Waals surface area contributed by atoms with Gasteiger partial charge >= 0.3 is 7.12 Å². The summed E-state index contributed by atoms with van der Waals surface area (Å²) < 4.78 is 11.1.